The van der Waals surface area contributed by atoms with Crippen LogP contribution < -0.4 is 5.32 Å². The molecule has 54 heavy (non-hydrogen) atoms. The minimum absolute atomic E-state index is 0.0154. The number of nitrogens with one attached hydrogen (secondary N) is 1. The van der Waals surface area contributed by atoms with Crippen LogP contribution >= 0.6 is 21.6 Å². The first-order chi connectivity index (χ1) is 26.0. The van der Waals surface area contributed by atoms with Crippen LogP contribution in [-0.2, 0) is 19.1 Å². The molecule has 8 unspecified atom stereocenters. The Morgan fingerprint density at radius 2 is 1.83 bits per heavy atom. The lowest BCUT2D eigenvalue weighted by atomic mass is 9.47. The molecule has 1 heterocycles. The fourth-order valence-corrected chi connectivity index (χ4v) is 13.8. The van der Waals surface area contributed by atoms with Crippen molar-refractivity contribution in [3.63, 3.8) is 0 Å². The lowest BCUT2D eigenvalue weighted by molar-refractivity contribution is -0.130. The highest BCUT2D eigenvalue weighted by atomic mass is 33.1. The molecule has 9 heteroatoms. The number of ether oxygens (including phenoxy) is 1. The van der Waals surface area contributed by atoms with E-state index in [9.17, 15) is 14.4 Å². The van der Waals surface area contributed by atoms with Crippen LogP contribution in [0.4, 0.5) is 0 Å². The molecule has 0 bridgehead atoms. The molecule has 308 valence electrons. The summed E-state index contributed by atoms with van der Waals surface area (Å²) >= 11 is 0. The topological polar surface area (TPSA) is 95.9 Å². The quantitative estimate of drug-likeness (QED) is 0.0393. The molecule has 8 atom stereocenters. The van der Waals surface area contributed by atoms with Crippen LogP contribution in [0.25, 0.3) is 0 Å². The van der Waals surface area contributed by atoms with Crippen LogP contribution in [0.1, 0.15) is 156 Å². The Kier molecular flexibility index (Phi) is 18.8. The average molecular weight is 789 g/mol. The lowest BCUT2D eigenvalue weighted by Crippen LogP contribution is -2.50. The zero-order chi connectivity index (χ0) is 39.1. The normalized spacial score (nSPS) is 31.4. The number of allylic oxidation sites excluding steroid dienone is 3. The summed E-state index contributed by atoms with van der Waals surface area (Å²) in [5.74, 6) is 6.36. The highest BCUT2D eigenvalue weighted by Crippen LogP contribution is 2.67. The van der Waals surface area contributed by atoms with Crippen LogP contribution in [0.3, 0.4) is 0 Å². The van der Waals surface area contributed by atoms with Gasteiger partial charge >= 0.3 is 0 Å². The Morgan fingerprint density at radius 3 is 2.61 bits per heavy atom. The Balaban J connectivity index is 0.00000319. The van der Waals surface area contributed by atoms with Gasteiger partial charge in [0.05, 0.1) is 12.3 Å². The fraction of sp³-hybridized carbons (Fsp3) is 0.844. The number of hydrogen-bond acceptors (Lipinski definition) is 7. The van der Waals surface area contributed by atoms with E-state index < -0.39 is 0 Å². The Bertz CT molecular complexity index is 1240. The summed E-state index contributed by atoms with van der Waals surface area (Å²) in [6, 6.07) is 0. The van der Waals surface area contributed by atoms with E-state index in [0.717, 1.165) is 81.0 Å². The SMILES string of the molecule is C=C(CCC=O)OC1CCN(C(=O)CCCCCNC(=O)CCSSC2CCC3(C)C(=CCC4C3CCC3(C)C(CCCCC(C)C)CCC43)C2)C1.CO. The maximum Gasteiger partial charge on any atom is 0.222 e. The second kappa shape index (κ2) is 22.5. The van der Waals surface area contributed by atoms with E-state index >= 15 is 0 Å². The molecule has 2 N–H and O–H groups in total. The van der Waals surface area contributed by atoms with E-state index in [-0.39, 0.29) is 17.9 Å². The van der Waals surface area contributed by atoms with Crippen molar-refractivity contribution >= 4 is 39.7 Å². The number of aliphatic hydroxyl groups is 1. The number of carbonyl (C=O) groups excluding carboxylic acids is 3. The van der Waals surface area contributed by atoms with Crippen molar-refractivity contribution in [2.75, 3.05) is 32.5 Å². The molecule has 0 aromatic rings. The minimum Gasteiger partial charge on any atom is -0.493 e. The summed E-state index contributed by atoms with van der Waals surface area (Å²) in [5.41, 5.74) is 2.77. The van der Waals surface area contributed by atoms with Gasteiger partial charge in [-0.05, 0) is 111 Å². The van der Waals surface area contributed by atoms with Gasteiger partial charge in [-0.3, -0.25) is 9.59 Å². The molecule has 0 spiro atoms. The van der Waals surface area contributed by atoms with E-state index in [0.29, 0.717) is 60.6 Å². The Labute approximate surface area is 337 Å². The van der Waals surface area contributed by atoms with Crippen molar-refractivity contribution in [1.82, 2.24) is 10.2 Å². The average Bonchev–Trinajstić information content (AvgIpc) is 3.77. The van der Waals surface area contributed by atoms with Crippen molar-refractivity contribution in [2.24, 2.45) is 40.4 Å². The number of unbranched alkanes of at least 4 members (excludes halogenated alkanes) is 3. The highest BCUT2D eigenvalue weighted by molar-refractivity contribution is 8.76. The largest absolute Gasteiger partial charge is 0.493 e. The summed E-state index contributed by atoms with van der Waals surface area (Å²) in [5, 5.41) is 10.8. The number of fused-ring (bicyclic) bond motifs is 5. The van der Waals surface area contributed by atoms with Gasteiger partial charge in [0, 0.05) is 63.3 Å². The number of carbonyl (C=O) groups is 3. The monoisotopic (exact) mass is 789 g/mol. The third-order valence-corrected chi connectivity index (χ3v) is 17.1. The van der Waals surface area contributed by atoms with Crippen molar-refractivity contribution in [3.05, 3.63) is 24.0 Å². The van der Waals surface area contributed by atoms with E-state index in [1.165, 1.54) is 77.0 Å². The van der Waals surface area contributed by atoms with Gasteiger partial charge in [0.2, 0.25) is 11.8 Å². The first-order valence-electron chi connectivity index (χ1n) is 21.8. The number of rotatable bonds is 21. The molecule has 2 amide bonds. The molecular formula is C45H76N2O5S2. The van der Waals surface area contributed by atoms with Gasteiger partial charge in [-0.25, -0.2) is 0 Å². The maximum atomic E-state index is 12.6. The van der Waals surface area contributed by atoms with E-state index in [1.54, 1.807) is 5.57 Å². The van der Waals surface area contributed by atoms with Crippen LogP contribution in [-0.4, -0.2) is 72.0 Å². The standard InChI is InChI=1S/C44H72N2O4S2.CH4O/c1-32(2)12-8-9-14-34-17-19-39-38-18-16-35-30-37(20-24-44(35,5)40(38)21-25-43(34,39)4)52-51-29-23-41(48)45-26-10-6-7-15-42(49)46-27-22-36(31-46)50-33(3)13-11-28-47;1-2/h16,28,32,34,36-40H,3,6-15,17-27,29-31H2,1-2,4-5H3,(H,45,48);2H,1H3. The zero-order valence-corrected chi connectivity index (χ0v) is 36.4. The molecule has 1 saturated heterocycles. The van der Waals surface area contributed by atoms with Crippen molar-refractivity contribution in [3.8, 4) is 0 Å². The van der Waals surface area contributed by atoms with Gasteiger partial charge in [0.15, 0.2) is 0 Å². The van der Waals surface area contributed by atoms with Crippen molar-refractivity contribution < 1.29 is 24.2 Å². The molecule has 0 aromatic carbocycles. The van der Waals surface area contributed by atoms with Gasteiger partial charge in [0.25, 0.3) is 0 Å². The Morgan fingerprint density at radius 1 is 1.02 bits per heavy atom. The van der Waals surface area contributed by atoms with Gasteiger partial charge in [-0.1, -0.05) is 93.2 Å². The number of aldehydes is 1. The summed E-state index contributed by atoms with van der Waals surface area (Å²) in [6.07, 6.45) is 26.0. The third-order valence-electron chi connectivity index (χ3n) is 14.2. The van der Waals surface area contributed by atoms with E-state index in [1.807, 2.05) is 26.5 Å². The van der Waals surface area contributed by atoms with E-state index in [4.69, 9.17) is 9.84 Å². The maximum absolute atomic E-state index is 12.6. The smallest absolute Gasteiger partial charge is 0.222 e. The van der Waals surface area contributed by atoms with Crippen LogP contribution in [0.5, 0.6) is 0 Å². The molecule has 4 aliphatic carbocycles. The highest BCUT2D eigenvalue weighted by Gasteiger charge is 2.58. The second-order valence-corrected chi connectivity index (χ2v) is 20.8. The molecule has 4 fully saturated rings. The van der Waals surface area contributed by atoms with Crippen molar-refractivity contribution in [2.45, 2.75) is 167 Å². The zero-order valence-electron chi connectivity index (χ0n) is 34.7. The number of amides is 2. The van der Waals surface area contributed by atoms with Gasteiger partial charge in [0.1, 0.15) is 12.4 Å². The first-order valence-corrected chi connectivity index (χ1v) is 24.2. The fourth-order valence-electron chi connectivity index (χ4n) is 11.1. The second-order valence-electron chi connectivity index (χ2n) is 18.1. The summed E-state index contributed by atoms with van der Waals surface area (Å²) in [6.45, 7) is 16.0. The first kappa shape index (κ1) is 45.3. The number of hydrogen-bond donors (Lipinski definition) is 2. The summed E-state index contributed by atoms with van der Waals surface area (Å²) in [7, 11) is 4.94. The predicted molar refractivity (Wildman–Crippen MR) is 227 cm³/mol. The van der Waals surface area contributed by atoms with Crippen LogP contribution in [0, 0.1) is 40.4 Å². The van der Waals surface area contributed by atoms with Crippen LogP contribution in [0.2, 0.25) is 0 Å². The molecule has 3 saturated carbocycles. The number of likely N-dealkylation sites (tertiary alicyclic amines) is 1. The molecule has 0 aromatic heterocycles. The molecule has 5 rings (SSSR count). The van der Waals surface area contributed by atoms with Gasteiger partial charge in [-0.2, -0.15) is 0 Å². The number of nitrogens with zero attached hydrogens (tertiary/aromatic N) is 1. The van der Waals surface area contributed by atoms with E-state index in [2.05, 4.69) is 45.7 Å². The van der Waals surface area contributed by atoms with Crippen LogP contribution in [0.15, 0.2) is 24.0 Å². The summed E-state index contributed by atoms with van der Waals surface area (Å²) < 4.78 is 5.82. The molecule has 5 aliphatic rings. The molecular weight excluding hydrogens is 713 g/mol. The van der Waals surface area contributed by atoms with Gasteiger partial charge in [-0.15, -0.1) is 0 Å². The third kappa shape index (κ3) is 12.3. The predicted octanol–water partition coefficient (Wildman–Crippen LogP) is 10.3. The molecule has 0 radical (unpaired) electrons. The van der Waals surface area contributed by atoms with Crippen molar-refractivity contribution in [1.29, 1.82) is 0 Å². The summed E-state index contributed by atoms with van der Waals surface area (Å²) in [4.78, 5) is 37.6. The lowest BCUT2D eigenvalue weighted by Gasteiger charge is -2.58. The minimum atomic E-state index is -0.0154. The number of aliphatic hydroxyl groups excluding tert-OH is 1. The molecule has 7 nitrogen and oxygen atoms in total. The van der Waals surface area contributed by atoms with Gasteiger partial charge < -0.3 is 24.9 Å². The molecule has 1 aliphatic heterocycles. The Hall–Kier alpha value is -1.45.